The smallest absolute Gasteiger partial charge is 0.120 e. The Morgan fingerprint density at radius 1 is 1.05 bits per heavy atom. The lowest BCUT2D eigenvalue weighted by Crippen LogP contribution is -2.11. The van der Waals surface area contributed by atoms with Crippen LogP contribution in [0.15, 0.2) is 48.5 Å². The molecule has 0 saturated carbocycles. The molecule has 0 aliphatic carbocycles. The lowest BCUT2D eigenvalue weighted by atomic mass is 10.2. The molecule has 0 bridgehead atoms. The molecule has 0 aromatic heterocycles. The van der Waals surface area contributed by atoms with E-state index < -0.39 is 0 Å². The number of nitrogens with one attached hydrogen (secondary N) is 1. The van der Waals surface area contributed by atoms with Gasteiger partial charge in [0.15, 0.2) is 0 Å². The SMILES string of the molecule is CCNCc1cccc(OCc2ccc(O)cc2)c1. The highest BCUT2D eigenvalue weighted by atomic mass is 16.5. The third-order valence-corrected chi connectivity index (χ3v) is 2.82. The quantitative estimate of drug-likeness (QED) is 0.835. The van der Waals surface area contributed by atoms with E-state index >= 15 is 0 Å². The van der Waals surface area contributed by atoms with E-state index in [2.05, 4.69) is 18.3 Å². The minimum atomic E-state index is 0.274. The molecule has 2 N–H and O–H groups in total. The monoisotopic (exact) mass is 257 g/mol. The lowest BCUT2D eigenvalue weighted by molar-refractivity contribution is 0.305. The number of aromatic hydroxyl groups is 1. The number of rotatable bonds is 6. The van der Waals surface area contributed by atoms with Gasteiger partial charge in [0.2, 0.25) is 0 Å². The maximum Gasteiger partial charge on any atom is 0.120 e. The maximum absolute atomic E-state index is 9.21. The minimum absolute atomic E-state index is 0.274. The number of ether oxygens (including phenoxy) is 1. The second kappa shape index (κ2) is 6.81. The molecule has 0 atom stereocenters. The van der Waals surface area contributed by atoms with E-state index in [-0.39, 0.29) is 5.75 Å². The van der Waals surface area contributed by atoms with Crippen LogP contribution in [0.5, 0.6) is 11.5 Å². The Bertz CT molecular complexity index is 508. The first-order chi connectivity index (χ1) is 9.28. The van der Waals surface area contributed by atoms with Crippen LogP contribution in [0.1, 0.15) is 18.1 Å². The van der Waals surface area contributed by atoms with Gasteiger partial charge in [-0.15, -0.1) is 0 Å². The zero-order valence-electron chi connectivity index (χ0n) is 11.1. The van der Waals surface area contributed by atoms with Gasteiger partial charge in [-0.1, -0.05) is 31.2 Å². The second-order valence-electron chi connectivity index (χ2n) is 4.38. The molecule has 100 valence electrons. The van der Waals surface area contributed by atoms with E-state index in [1.54, 1.807) is 12.1 Å². The number of hydrogen-bond acceptors (Lipinski definition) is 3. The van der Waals surface area contributed by atoms with Gasteiger partial charge in [0, 0.05) is 6.54 Å². The molecule has 0 spiro atoms. The third kappa shape index (κ3) is 4.30. The Morgan fingerprint density at radius 2 is 1.84 bits per heavy atom. The molecular formula is C16H19NO2. The molecule has 0 fully saturated rings. The number of phenols is 1. The predicted octanol–water partition coefficient (Wildman–Crippen LogP) is 3.08. The van der Waals surface area contributed by atoms with E-state index in [0.717, 1.165) is 24.4 Å². The summed E-state index contributed by atoms with van der Waals surface area (Å²) in [5, 5.41) is 12.5. The molecule has 0 aliphatic heterocycles. The Morgan fingerprint density at radius 3 is 2.58 bits per heavy atom. The van der Waals surface area contributed by atoms with Crippen molar-refractivity contribution in [2.45, 2.75) is 20.1 Å². The van der Waals surface area contributed by atoms with Gasteiger partial charge >= 0.3 is 0 Å². The Balaban J connectivity index is 1.93. The van der Waals surface area contributed by atoms with Gasteiger partial charge in [-0.05, 0) is 41.9 Å². The van der Waals surface area contributed by atoms with Gasteiger partial charge < -0.3 is 15.2 Å². The van der Waals surface area contributed by atoms with Crippen molar-refractivity contribution >= 4 is 0 Å². The maximum atomic E-state index is 9.21. The fourth-order valence-corrected chi connectivity index (χ4v) is 1.77. The molecule has 0 heterocycles. The summed E-state index contributed by atoms with van der Waals surface area (Å²) >= 11 is 0. The molecule has 3 nitrogen and oxygen atoms in total. The third-order valence-electron chi connectivity index (χ3n) is 2.82. The molecule has 0 unspecified atom stereocenters. The van der Waals surface area contributed by atoms with Crippen LogP contribution >= 0.6 is 0 Å². The van der Waals surface area contributed by atoms with E-state index in [1.807, 2.05) is 30.3 Å². The van der Waals surface area contributed by atoms with Crippen molar-refractivity contribution in [2.24, 2.45) is 0 Å². The fourth-order valence-electron chi connectivity index (χ4n) is 1.77. The number of benzene rings is 2. The van der Waals surface area contributed by atoms with Crippen molar-refractivity contribution in [1.29, 1.82) is 0 Å². The van der Waals surface area contributed by atoms with E-state index in [4.69, 9.17) is 4.74 Å². The van der Waals surface area contributed by atoms with Crippen LogP contribution in [0.2, 0.25) is 0 Å². The highest BCUT2D eigenvalue weighted by Gasteiger charge is 1.98. The molecule has 2 aromatic carbocycles. The minimum Gasteiger partial charge on any atom is -0.508 e. The van der Waals surface area contributed by atoms with Crippen molar-refractivity contribution < 1.29 is 9.84 Å². The van der Waals surface area contributed by atoms with Crippen LogP contribution in [0.3, 0.4) is 0 Å². The first kappa shape index (κ1) is 13.4. The fraction of sp³-hybridized carbons (Fsp3) is 0.250. The van der Waals surface area contributed by atoms with E-state index in [0.29, 0.717) is 6.61 Å². The molecule has 2 rings (SSSR count). The average Bonchev–Trinajstić information content (AvgIpc) is 2.45. The van der Waals surface area contributed by atoms with E-state index in [9.17, 15) is 5.11 Å². The van der Waals surface area contributed by atoms with Gasteiger partial charge in [-0.3, -0.25) is 0 Å². The van der Waals surface area contributed by atoms with Crippen molar-refractivity contribution in [3.8, 4) is 11.5 Å². The average molecular weight is 257 g/mol. The van der Waals surface area contributed by atoms with Crippen LogP contribution in [0.25, 0.3) is 0 Å². The second-order valence-corrected chi connectivity index (χ2v) is 4.38. The summed E-state index contributed by atoms with van der Waals surface area (Å²) in [7, 11) is 0. The summed E-state index contributed by atoms with van der Waals surface area (Å²) < 4.78 is 5.74. The van der Waals surface area contributed by atoms with Crippen molar-refractivity contribution in [1.82, 2.24) is 5.32 Å². The molecular weight excluding hydrogens is 238 g/mol. The number of hydrogen-bond donors (Lipinski definition) is 2. The van der Waals surface area contributed by atoms with Gasteiger partial charge in [0.05, 0.1) is 0 Å². The topological polar surface area (TPSA) is 41.5 Å². The summed E-state index contributed by atoms with van der Waals surface area (Å²) in [6.07, 6.45) is 0. The molecule has 0 saturated heterocycles. The highest BCUT2D eigenvalue weighted by Crippen LogP contribution is 2.16. The van der Waals surface area contributed by atoms with Crippen LogP contribution in [-0.2, 0) is 13.2 Å². The van der Waals surface area contributed by atoms with Crippen LogP contribution in [-0.4, -0.2) is 11.7 Å². The zero-order chi connectivity index (χ0) is 13.5. The molecule has 3 heteroatoms. The standard InChI is InChI=1S/C16H19NO2/c1-2-17-11-14-4-3-5-16(10-14)19-12-13-6-8-15(18)9-7-13/h3-10,17-18H,2,11-12H2,1H3. The lowest BCUT2D eigenvalue weighted by Gasteiger charge is -2.08. The first-order valence-electron chi connectivity index (χ1n) is 6.48. The molecule has 0 amide bonds. The van der Waals surface area contributed by atoms with Crippen molar-refractivity contribution in [2.75, 3.05) is 6.54 Å². The first-order valence-corrected chi connectivity index (χ1v) is 6.48. The molecule has 0 radical (unpaired) electrons. The van der Waals surface area contributed by atoms with Crippen LogP contribution < -0.4 is 10.1 Å². The largest absolute Gasteiger partial charge is 0.508 e. The Kier molecular flexibility index (Phi) is 4.81. The number of phenolic OH excluding ortho intramolecular Hbond substituents is 1. The predicted molar refractivity (Wildman–Crippen MR) is 76.3 cm³/mol. The summed E-state index contributed by atoms with van der Waals surface area (Å²) in [4.78, 5) is 0. The molecule has 19 heavy (non-hydrogen) atoms. The Labute approximate surface area is 113 Å². The highest BCUT2D eigenvalue weighted by molar-refractivity contribution is 5.30. The normalized spacial score (nSPS) is 10.4. The van der Waals surface area contributed by atoms with Gasteiger partial charge in [-0.2, -0.15) is 0 Å². The summed E-state index contributed by atoms with van der Waals surface area (Å²) in [5.74, 6) is 1.14. The van der Waals surface area contributed by atoms with E-state index in [1.165, 1.54) is 5.56 Å². The molecule has 0 aliphatic rings. The zero-order valence-corrected chi connectivity index (χ0v) is 11.1. The van der Waals surface area contributed by atoms with Gasteiger partial charge in [-0.25, -0.2) is 0 Å². The van der Waals surface area contributed by atoms with Gasteiger partial charge in [0.25, 0.3) is 0 Å². The molecule has 2 aromatic rings. The van der Waals surface area contributed by atoms with Crippen molar-refractivity contribution in [3.63, 3.8) is 0 Å². The summed E-state index contributed by atoms with van der Waals surface area (Å²) in [5.41, 5.74) is 2.25. The van der Waals surface area contributed by atoms with Crippen molar-refractivity contribution in [3.05, 3.63) is 59.7 Å². The summed E-state index contributed by atoms with van der Waals surface area (Å²) in [6.45, 7) is 4.40. The van der Waals surface area contributed by atoms with Gasteiger partial charge in [0.1, 0.15) is 18.1 Å². The van der Waals surface area contributed by atoms with Crippen LogP contribution in [0, 0.1) is 0 Å². The summed E-state index contributed by atoms with van der Waals surface area (Å²) in [6, 6.07) is 15.1. The Hall–Kier alpha value is -2.00. The van der Waals surface area contributed by atoms with Crippen LogP contribution in [0.4, 0.5) is 0 Å².